The fourth-order valence-corrected chi connectivity index (χ4v) is 2.65. The van der Waals surface area contributed by atoms with E-state index in [9.17, 15) is 0 Å². The molecule has 0 saturated carbocycles. The van der Waals surface area contributed by atoms with Gasteiger partial charge in [0.15, 0.2) is 0 Å². The maximum atomic E-state index is 8.87. The highest BCUT2D eigenvalue weighted by Crippen LogP contribution is 2.23. The Morgan fingerprint density at radius 1 is 1.11 bits per heavy atom. The van der Waals surface area contributed by atoms with Crippen molar-refractivity contribution >= 4 is 11.8 Å². The molecule has 0 fully saturated rings. The maximum Gasteiger partial charge on any atom is 0.0991 e. The van der Waals surface area contributed by atoms with Crippen LogP contribution in [-0.4, -0.2) is 7.05 Å². The summed E-state index contributed by atoms with van der Waals surface area (Å²) in [5.74, 6) is 0.890. The lowest BCUT2D eigenvalue weighted by Crippen LogP contribution is -2.04. The predicted molar refractivity (Wildman–Crippen MR) is 79.9 cm³/mol. The van der Waals surface area contributed by atoms with Crippen LogP contribution in [0.15, 0.2) is 53.4 Å². The van der Waals surface area contributed by atoms with Crippen molar-refractivity contribution in [3.05, 3.63) is 65.2 Å². The van der Waals surface area contributed by atoms with Gasteiger partial charge in [-0.2, -0.15) is 5.26 Å². The Kier molecular flexibility index (Phi) is 5.02. The van der Waals surface area contributed by atoms with Crippen molar-refractivity contribution in [3.63, 3.8) is 0 Å². The molecule has 0 aliphatic heterocycles. The number of rotatable bonds is 5. The molecule has 19 heavy (non-hydrogen) atoms. The third-order valence-corrected chi connectivity index (χ3v) is 3.85. The molecule has 3 heteroatoms. The van der Waals surface area contributed by atoms with E-state index >= 15 is 0 Å². The first-order valence-corrected chi connectivity index (χ1v) is 7.16. The summed E-state index contributed by atoms with van der Waals surface area (Å²) in [5, 5.41) is 12.0. The van der Waals surface area contributed by atoms with Gasteiger partial charge in [0.2, 0.25) is 0 Å². The van der Waals surface area contributed by atoms with Crippen LogP contribution >= 0.6 is 11.8 Å². The summed E-state index contributed by atoms with van der Waals surface area (Å²) in [4.78, 5) is 1.25. The Morgan fingerprint density at radius 3 is 2.58 bits per heavy atom. The van der Waals surface area contributed by atoms with Crippen LogP contribution in [0.1, 0.15) is 16.7 Å². The van der Waals surface area contributed by atoms with Crippen molar-refractivity contribution in [2.45, 2.75) is 17.2 Å². The number of nitrogens with zero attached hydrogens (tertiary/aromatic N) is 1. The van der Waals surface area contributed by atoms with Crippen LogP contribution in [0.5, 0.6) is 0 Å². The lowest BCUT2D eigenvalue weighted by atomic mass is 10.2. The van der Waals surface area contributed by atoms with Crippen molar-refractivity contribution < 1.29 is 0 Å². The van der Waals surface area contributed by atoms with Gasteiger partial charge in [0, 0.05) is 17.2 Å². The average Bonchev–Trinajstić information content (AvgIpc) is 2.47. The van der Waals surface area contributed by atoms with Gasteiger partial charge in [-0.25, -0.2) is 0 Å². The van der Waals surface area contributed by atoms with E-state index in [1.54, 1.807) is 11.8 Å². The first-order valence-electron chi connectivity index (χ1n) is 6.17. The molecule has 0 bridgehead atoms. The topological polar surface area (TPSA) is 35.8 Å². The molecule has 1 N–H and O–H groups in total. The molecule has 0 heterocycles. The first-order chi connectivity index (χ1) is 9.31. The molecule has 0 saturated heterocycles. The Bertz CT molecular complexity index is 570. The second-order valence-corrected chi connectivity index (χ2v) is 5.32. The summed E-state index contributed by atoms with van der Waals surface area (Å²) >= 11 is 1.79. The van der Waals surface area contributed by atoms with Gasteiger partial charge in [-0.15, -0.1) is 11.8 Å². The van der Waals surface area contributed by atoms with Crippen molar-refractivity contribution in [1.82, 2.24) is 5.32 Å². The molecule has 2 aromatic rings. The molecular formula is C16H16N2S. The van der Waals surface area contributed by atoms with Gasteiger partial charge in [-0.3, -0.25) is 0 Å². The lowest BCUT2D eigenvalue weighted by molar-refractivity contribution is 0.817. The van der Waals surface area contributed by atoms with Crippen LogP contribution in [0.2, 0.25) is 0 Å². The van der Waals surface area contributed by atoms with Crippen molar-refractivity contribution in [2.24, 2.45) is 0 Å². The number of hydrogen-bond acceptors (Lipinski definition) is 3. The summed E-state index contributed by atoms with van der Waals surface area (Å²) in [6.45, 7) is 0.898. The summed E-state index contributed by atoms with van der Waals surface area (Å²) in [6.07, 6.45) is 0. The van der Waals surface area contributed by atoms with Crippen molar-refractivity contribution in [1.29, 1.82) is 5.26 Å². The highest BCUT2D eigenvalue weighted by atomic mass is 32.2. The van der Waals surface area contributed by atoms with E-state index in [1.165, 1.54) is 16.0 Å². The van der Waals surface area contributed by atoms with Crippen LogP contribution in [0, 0.1) is 11.3 Å². The molecule has 0 aliphatic rings. The molecule has 0 atom stereocenters. The highest BCUT2D eigenvalue weighted by molar-refractivity contribution is 7.98. The third kappa shape index (κ3) is 4.13. The molecule has 96 valence electrons. The normalized spacial score (nSPS) is 10.1. The monoisotopic (exact) mass is 268 g/mol. The number of nitrogens with one attached hydrogen (secondary N) is 1. The van der Waals surface area contributed by atoms with Crippen LogP contribution in [0.3, 0.4) is 0 Å². The minimum Gasteiger partial charge on any atom is -0.316 e. The quantitative estimate of drug-likeness (QED) is 0.842. The zero-order valence-electron chi connectivity index (χ0n) is 10.9. The van der Waals surface area contributed by atoms with E-state index in [-0.39, 0.29) is 0 Å². The van der Waals surface area contributed by atoms with E-state index in [2.05, 4.69) is 41.7 Å². The fraction of sp³-hybridized carbons (Fsp3) is 0.188. The van der Waals surface area contributed by atoms with Gasteiger partial charge >= 0.3 is 0 Å². The van der Waals surface area contributed by atoms with Crippen LogP contribution in [0.25, 0.3) is 0 Å². The molecule has 0 unspecified atom stereocenters. The van der Waals surface area contributed by atoms with E-state index < -0.39 is 0 Å². The lowest BCUT2D eigenvalue weighted by Gasteiger charge is -2.04. The van der Waals surface area contributed by atoms with E-state index in [1.807, 2.05) is 25.2 Å². The molecule has 0 aromatic heterocycles. The van der Waals surface area contributed by atoms with E-state index in [0.717, 1.165) is 17.9 Å². The first kappa shape index (κ1) is 13.7. The van der Waals surface area contributed by atoms with E-state index in [0.29, 0.717) is 0 Å². The smallest absolute Gasteiger partial charge is 0.0991 e. The summed E-state index contributed by atoms with van der Waals surface area (Å²) in [5.41, 5.74) is 3.20. The van der Waals surface area contributed by atoms with Gasteiger partial charge in [-0.1, -0.05) is 24.3 Å². The van der Waals surface area contributed by atoms with Crippen LogP contribution in [-0.2, 0) is 12.3 Å². The SMILES string of the molecule is CNCc1ccc(SCc2cccc(C#N)c2)cc1. The Balaban J connectivity index is 1.96. The third-order valence-electron chi connectivity index (χ3n) is 2.77. The zero-order valence-corrected chi connectivity index (χ0v) is 11.7. The molecule has 2 nitrogen and oxygen atoms in total. The minimum atomic E-state index is 0.725. The van der Waals surface area contributed by atoms with Gasteiger partial charge in [0.1, 0.15) is 0 Å². The Morgan fingerprint density at radius 2 is 1.89 bits per heavy atom. The molecule has 0 aliphatic carbocycles. The van der Waals surface area contributed by atoms with Gasteiger partial charge in [0.25, 0.3) is 0 Å². The van der Waals surface area contributed by atoms with Gasteiger partial charge < -0.3 is 5.32 Å². The van der Waals surface area contributed by atoms with Crippen LogP contribution < -0.4 is 5.32 Å². The molecule has 0 spiro atoms. The highest BCUT2D eigenvalue weighted by Gasteiger charge is 1.98. The predicted octanol–water partition coefficient (Wildman–Crippen LogP) is 3.57. The summed E-state index contributed by atoms with van der Waals surface area (Å²) in [7, 11) is 1.95. The van der Waals surface area contributed by atoms with E-state index in [4.69, 9.17) is 5.26 Å². The maximum absolute atomic E-state index is 8.87. The molecule has 2 rings (SSSR count). The second-order valence-electron chi connectivity index (χ2n) is 4.28. The summed E-state index contributed by atoms with van der Waals surface area (Å²) in [6, 6.07) is 18.5. The largest absolute Gasteiger partial charge is 0.316 e. The number of hydrogen-bond donors (Lipinski definition) is 1. The molecule has 2 aromatic carbocycles. The average molecular weight is 268 g/mol. The molecular weight excluding hydrogens is 252 g/mol. The van der Waals surface area contributed by atoms with Crippen molar-refractivity contribution in [3.8, 4) is 6.07 Å². The number of benzene rings is 2. The molecule has 0 radical (unpaired) electrons. The molecule has 0 amide bonds. The number of thioether (sulfide) groups is 1. The number of nitriles is 1. The fourth-order valence-electron chi connectivity index (χ4n) is 1.80. The standard InChI is InChI=1S/C16H16N2S/c1-18-11-13-5-7-16(8-6-13)19-12-15-4-2-3-14(9-15)10-17/h2-9,18H,11-12H2,1H3. The van der Waals surface area contributed by atoms with Gasteiger partial charge in [-0.05, 0) is 42.4 Å². The summed E-state index contributed by atoms with van der Waals surface area (Å²) < 4.78 is 0. The Hall–Kier alpha value is -1.76. The van der Waals surface area contributed by atoms with Crippen molar-refractivity contribution in [2.75, 3.05) is 7.05 Å². The van der Waals surface area contributed by atoms with Gasteiger partial charge in [0.05, 0.1) is 11.6 Å². The second kappa shape index (κ2) is 6.98. The zero-order chi connectivity index (χ0) is 13.5. The minimum absolute atomic E-state index is 0.725. The van der Waals surface area contributed by atoms with Crippen LogP contribution in [0.4, 0.5) is 0 Å². The Labute approximate surface area is 118 Å².